The number of phenolic OH excluding ortho intramolecular Hbond substituents is 1. The Morgan fingerprint density at radius 3 is 1.33 bits per heavy atom. The molecule has 0 fully saturated rings. The van der Waals surface area contributed by atoms with Gasteiger partial charge in [0.2, 0.25) is 0 Å². The van der Waals surface area contributed by atoms with Crippen LogP contribution in [-0.4, -0.2) is 16.7 Å². The summed E-state index contributed by atoms with van der Waals surface area (Å²) in [6.45, 7) is 2.08. The third kappa shape index (κ3) is 11.7. The standard InChI is InChI=1S/C7H8.C6H6O.CO2.H2O/c1-7-5-3-2-4-6-7;7-6-4-2-1-3-5-6;2-1-3;/h2-6H,1H3;1-5,7H;;1H2. The van der Waals surface area contributed by atoms with E-state index in [1.807, 2.05) is 24.3 Å². The van der Waals surface area contributed by atoms with Crippen LogP contribution in [-0.2, 0) is 9.59 Å². The Balaban J connectivity index is 0. The number of rotatable bonds is 0. The second kappa shape index (κ2) is 12.6. The Bertz CT molecular complexity index is 383. The number of carbonyl (C=O) groups excluding carboxylic acids is 2. The van der Waals surface area contributed by atoms with Crippen molar-refractivity contribution in [3.63, 3.8) is 0 Å². The molecule has 0 aromatic heterocycles. The van der Waals surface area contributed by atoms with Crippen LogP contribution >= 0.6 is 0 Å². The third-order valence-electron chi connectivity index (χ3n) is 1.70. The van der Waals surface area contributed by atoms with Gasteiger partial charge in [0.25, 0.3) is 0 Å². The normalized spacial score (nSPS) is 7.17. The first-order valence-electron chi connectivity index (χ1n) is 4.95. The van der Waals surface area contributed by atoms with Crippen LogP contribution in [0.2, 0.25) is 0 Å². The van der Waals surface area contributed by atoms with Crippen molar-refractivity contribution in [1.29, 1.82) is 0 Å². The minimum atomic E-state index is 0. The fourth-order valence-electron chi connectivity index (χ4n) is 0.962. The van der Waals surface area contributed by atoms with Crippen LogP contribution in [0.25, 0.3) is 0 Å². The lowest BCUT2D eigenvalue weighted by molar-refractivity contribution is -0.191. The maximum absolute atomic E-state index is 8.63. The molecule has 0 amide bonds. The molecule has 0 aliphatic heterocycles. The highest BCUT2D eigenvalue weighted by molar-refractivity contribution is 5.20. The molecule has 0 saturated heterocycles. The molecular weight excluding hydrogens is 232 g/mol. The molecule has 0 saturated carbocycles. The van der Waals surface area contributed by atoms with Crippen LogP contribution in [0.15, 0.2) is 60.7 Å². The van der Waals surface area contributed by atoms with Crippen molar-refractivity contribution < 1.29 is 20.2 Å². The smallest absolute Gasteiger partial charge is 0.373 e. The average Bonchev–Trinajstić information content (AvgIpc) is 2.33. The molecule has 2 aromatic rings. The topological polar surface area (TPSA) is 85.9 Å². The summed E-state index contributed by atoms with van der Waals surface area (Å²) in [6.07, 6.45) is 0.250. The van der Waals surface area contributed by atoms with Crippen molar-refractivity contribution >= 4 is 6.15 Å². The van der Waals surface area contributed by atoms with E-state index in [-0.39, 0.29) is 11.6 Å². The molecule has 0 aliphatic carbocycles. The van der Waals surface area contributed by atoms with Crippen molar-refractivity contribution in [2.24, 2.45) is 0 Å². The van der Waals surface area contributed by atoms with E-state index >= 15 is 0 Å². The third-order valence-corrected chi connectivity index (χ3v) is 1.70. The predicted octanol–water partition coefficient (Wildman–Crippen LogP) is 1.98. The van der Waals surface area contributed by atoms with E-state index in [9.17, 15) is 0 Å². The quantitative estimate of drug-likeness (QED) is 0.773. The minimum absolute atomic E-state index is 0. The average molecular weight is 248 g/mol. The first-order valence-corrected chi connectivity index (χ1v) is 4.95. The van der Waals surface area contributed by atoms with E-state index in [0.717, 1.165) is 0 Å². The van der Waals surface area contributed by atoms with Crippen molar-refractivity contribution in [2.75, 3.05) is 0 Å². The molecule has 0 bridgehead atoms. The predicted molar refractivity (Wildman–Crippen MR) is 67.9 cm³/mol. The molecule has 0 spiro atoms. The first-order chi connectivity index (χ1) is 8.20. The fraction of sp³-hybridized carbons (Fsp3) is 0.0714. The van der Waals surface area contributed by atoms with Gasteiger partial charge in [0, 0.05) is 0 Å². The molecule has 2 rings (SSSR count). The molecule has 18 heavy (non-hydrogen) atoms. The van der Waals surface area contributed by atoms with Crippen molar-refractivity contribution in [3.05, 3.63) is 66.2 Å². The van der Waals surface area contributed by atoms with Crippen LogP contribution in [0.1, 0.15) is 5.56 Å². The minimum Gasteiger partial charge on any atom is -0.508 e. The molecule has 4 nitrogen and oxygen atoms in total. The van der Waals surface area contributed by atoms with Crippen LogP contribution in [0, 0.1) is 6.92 Å². The molecule has 0 unspecified atom stereocenters. The van der Waals surface area contributed by atoms with E-state index in [0.29, 0.717) is 5.75 Å². The van der Waals surface area contributed by atoms with Gasteiger partial charge in [0.1, 0.15) is 5.75 Å². The van der Waals surface area contributed by atoms with Gasteiger partial charge in [-0.1, -0.05) is 54.1 Å². The van der Waals surface area contributed by atoms with E-state index in [1.54, 1.807) is 24.3 Å². The molecule has 96 valence electrons. The van der Waals surface area contributed by atoms with Crippen LogP contribution < -0.4 is 0 Å². The Hall–Kier alpha value is -2.42. The fourth-order valence-corrected chi connectivity index (χ4v) is 0.962. The summed E-state index contributed by atoms with van der Waals surface area (Å²) in [6, 6.07) is 19.0. The number of hydrogen-bond acceptors (Lipinski definition) is 3. The lowest BCUT2D eigenvalue weighted by Gasteiger charge is -1.82. The lowest BCUT2D eigenvalue weighted by atomic mass is 10.2. The largest absolute Gasteiger partial charge is 0.508 e. The number of aromatic hydroxyl groups is 1. The SMILES string of the molecule is Cc1ccccc1.O.O=C=O.Oc1ccccc1. The van der Waals surface area contributed by atoms with Gasteiger partial charge >= 0.3 is 6.15 Å². The molecule has 3 N–H and O–H groups in total. The Labute approximate surface area is 106 Å². The number of para-hydroxylation sites is 1. The van der Waals surface area contributed by atoms with Gasteiger partial charge in [-0.3, -0.25) is 0 Å². The highest BCUT2D eigenvalue weighted by atomic mass is 16.3. The summed E-state index contributed by atoms with van der Waals surface area (Å²) in [5.74, 6) is 0.322. The first kappa shape index (κ1) is 18.0. The van der Waals surface area contributed by atoms with Crippen LogP contribution in [0.5, 0.6) is 5.75 Å². The van der Waals surface area contributed by atoms with Gasteiger partial charge in [0.05, 0.1) is 0 Å². The molecule has 0 atom stereocenters. The van der Waals surface area contributed by atoms with Gasteiger partial charge < -0.3 is 10.6 Å². The van der Waals surface area contributed by atoms with E-state index in [4.69, 9.17) is 14.7 Å². The van der Waals surface area contributed by atoms with Crippen molar-refractivity contribution in [1.82, 2.24) is 0 Å². The molecular formula is C14H16O4. The zero-order chi connectivity index (χ0) is 12.9. The molecule has 2 aromatic carbocycles. The second-order valence-corrected chi connectivity index (χ2v) is 3.07. The highest BCUT2D eigenvalue weighted by Crippen LogP contribution is 2.02. The molecule has 0 heterocycles. The molecule has 4 heteroatoms. The van der Waals surface area contributed by atoms with Gasteiger partial charge in [-0.15, -0.1) is 0 Å². The summed E-state index contributed by atoms with van der Waals surface area (Å²) in [5.41, 5.74) is 1.32. The maximum atomic E-state index is 8.63. The van der Waals surface area contributed by atoms with Gasteiger partial charge in [-0.25, -0.2) is 0 Å². The summed E-state index contributed by atoms with van der Waals surface area (Å²) >= 11 is 0. The van der Waals surface area contributed by atoms with Gasteiger partial charge in [-0.2, -0.15) is 9.59 Å². The number of phenols is 1. The number of hydrogen-bond donors (Lipinski definition) is 1. The van der Waals surface area contributed by atoms with E-state index in [2.05, 4.69) is 19.1 Å². The van der Waals surface area contributed by atoms with E-state index < -0.39 is 0 Å². The maximum Gasteiger partial charge on any atom is 0.373 e. The van der Waals surface area contributed by atoms with E-state index in [1.165, 1.54) is 5.56 Å². The van der Waals surface area contributed by atoms with Crippen molar-refractivity contribution in [2.45, 2.75) is 6.92 Å². The van der Waals surface area contributed by atoms with Gasteiger partial charge in [-0.05, 0) is 19.1 Å². The van der Waals surface area contributed by atoms with Gasteiger partial charge in [0.15, 0.2) is 0 Å². The van der Waals surface area contributed by atoms with Crippen LogP contribution in [0.4, 0.5) is 0 Å². The second-order valence-electron chi connectivity index (χ2n) is 3.07. The Morgan fingerprint density at radius 1 is 0.833 bits per heavy atom. The Kier molecular flexibility index (Phi) is 12.6. The summed E-state index contributed by atoms with van der Waals surface area (Å²) < 4.78 is 0. The summed E-state index contributed by atoms with van der Waals surface area (Å²) in [5, 5.41) is 8.63. The Morgan fingerprint density at radius 2 is 1.17 bits per heavy atom. The van der Waals surface area contributed by atoms with Crippen LogP contribution in [0.3, 0.4) is 0 Å². The number of benzene rings is 2. The number of aryl methyl sites for hydroxylation is 1. The lowest BCUT2D eigenvalue weighted by Crippen LogP contribution is -1.62. The zero-order valence-electron chi connectivity index (χ0n) is 10.0. The molecule has 0 radical (unpaired) electrons. The highest BCUT2D eigenvalue weighted by Gasteiger charge is 1.74. The monoisotopic (exact) mass is 248 g/mol. The van der Waals surface area contributed by atoms with Crippen molar-refractivity contribution in [3.8, 4) is 5.75 Å². The molecule has 0 aliphatic rings. The summed E-state index contributed by atoms with van der Waals surface area (Å²) in [7, 11) is 0. The summed E-state index contributed by atoms with van der Waals surface area (Å²) in [4.78, 5) is 16.2. The zero-order valence-corrected chi connectivity index (χ0v) is 10.0.